The average molecular weight is 329 g/mol. The molecule has 3 rings (SSSR count). The summed E-state index contributed by atoms with van der Waals surface area (Å²) in [6.07, 6.45) is 2.45. The lowest BCUT2D eigenvalue weighted by atomic mass is 10.0. The van der Waals surface area contributed by atoms with E-state index in [0.29, 0.717) is 6.42 Å². The quantitative estimate of drug-likeness (QED) is 0.809. The third-order valence-electron chi connectivity index (χ3n) is 4.77. The minimum atomic E-state index is -0.606. The Morgan fingerprint density at radius 1 is 1.12 bits per heavy atom. The van der Waals surface area contributed by atoms with E-state index in [-0.39, 0.29) is 30.8 Å². The fraction of sp³-hybridized carbons (Fsp3) is 0.500. The summed E-state index contributed by atoms with van der Waals surface area (Å²) in [5.41, 5.74) is 0.984. The van der Waals surface area contributed by atoms with Gasteiger partial charge in [0.2, 0.25) is 17.7 Å². The van der Waals surface area contributed by atoms with E-state index in [1.165, 1.54) is 9.80 Å². The third kappa shape index (κ3) is 3.42. The van der Waals surface area contributed by atoms with Crippen molar-refractivity contribution < 1.29 is 14.4 Å². The van der Waals surface area contributed by atoms with Gasteiger partial charge in [-0.25, -0.2) is 0 Å². The lowest BCUT2D eigenvalue weighted by Gasteiger charge is -2.39. The number of carbonyl (C=O) groups is 3. The van der Waals surface area contributed by atoms with Crippen molar-refractivity contribution in [3.63, 3.8) is 0 Å². The topological polar surface area (TPSA) is 60.9 Å². The van der Waals surface area contributed by atoms with Gasteiger partial charge in [0, 0.05) is 26.6 Å². The lowest BCUT2D eigenvalue weighted by Crippen LogP contribution is -2.61. The van der Waals surface area contributed by atoms with Crippen LogP contribution in [0.2, 0.25) is 0 Å². The van der Waals surface area contributed by atoms with Crippen molar-refractivity contribution in [3.8, 4) is 0 Å². The van der Waals surface area contributed by atoms with Gasteiger partial charge in [-0.3, -0.25) is 14.4 Å². The van der Waals surface area contributed by atoms with Gasteiger partial charge >= 0.3 is 0 Å². The molecule has 0 spiro atoms. The van der Waals surface area contributed by atoms with E-state index in [0.717, 1.165) is 31.5 Å². The summed E-state index contributed by atoms with van der Waals surface area (Å²) in [5, 5.41) is 0. The smallest absolute Gasteiger partial charge is 0.245 e. The van der Waals surface area contributed by atoms with E-state index in [4.69, 9.17) is 0 Å². The molecule has 1 atom stereocenters. The summed E-state index contributed by atoms with van der Waals surface area (Å²) < 4.78 is 0. The zero-order chi connectivity index (χ0) is 17.1. The molecule has 6 nitrogen and oxygen atoms in total. The summed E-state index contributed by atoms with van der Waals surface area (Å²) in [7, 11) is 1.64. The van der Waals surface area contributed by atoms with Crippen LogP contribution < -0.4 is 0 Å². The van der Waals surface area contributed by atoms with Crippen LogP contribution in [0.5, 0.6) is 0 Å². The molecule has 2 aliphatic rings. The van der Waals surface area contributed by atoms with Crippen LogP contribution in [0.3, 0.4) is 0 Å². The van der Waals surface area contributed by atoms with Crippen LogP contribution in [0.1, 0.15) is 18.4 Å². The van der Waals surface area contributed by atoms with Gasteiger partial charge in [0.15, 0.2) is 0 Å². The number of likely N-dealkylation sites (N-methyl/N-ethyl adjacent to an activating group) is 1. The Bertz CT molecular complexity index is 626. The molecule has 1 aromatic rings. The molecule has 1 aromatic carbocycles. The normalized spacial score (nSPS) is 21.5. The largest absolute Gasteiger partial charge is 0.341 e. The highest BCUT2D eigenvalue weighted by atomic mass is 16.2. The molecule has 0 aromatic heterocycles. The van der Waals surface area contributed by atoms with Crippen molar-refractivity contribution in [2.24, 2.45) is 0 Å². The minimum Gasteiger partial charge on any atom is -0.341 e. The van der Waals surface area contributed by atoms with Gasteiger partial charge in [-0.15, -0.1) is 0 Å². The maximum atomic E-state index is 12.6. The molecule has 0 aliphatic carbocycles. The Hall–Kier alpha value is -2.37. The number of rotatable bonds is 4. The highest BCUT2D eigenvalue weighted by Gasteiger charge is 2.39. The molecule has 0 unspecified atom stereocenters. The number of hydrogen-bond acceptors (Lipinski definition) is 3. The maximum absolute atomic E-state index is 12.6. The van der Waals surface area contributed by atoms with Crippen molar-refractivity contribution in [1.82, 2.24) is 14.7 Å². The highest BCUT2D eigenvalue weighted by molar-refractivity contribution is 5.97. The second-order valence-electron chi connectivity index (χ2n) is 6.51. The molecule has 128 valence electrons. The van der Waals surface area contributed by atoms with Gasteiger partial charge in [0.05, 0.1) is 6.54 Å². The standard InChI is InChI=1S/C18H23N3O3/c1-19-12-17(23)21(13-16(22)20-9-5-6-10-20)15(18(19)24)11-14-7-3-2-4-8-14/h2-4,7-8,15H,5-6,9-13H2,1H3/t15-/m0/s1. The highest BCUT2D eigenvalue weighted by Crippen LogP contribution is 2.18. The van der Waals surface area contributed by atoms with Crippen molar-refractivity contribution in [1.29, 1.82) is 0 Å². The summed E-state index contributed by atoms with van der Waals surface area (Å²) in [4.78, 5) is 42.2. The summed E-state index contributed by atoms with van der Waals surface area (Å²) in [6, 6.07) is 9.00. The fourth-order valence-electron chi connectivity index (χ4n) is 3.38. The second kappa shape index (κ2) is 7.03. The zero-order valence-electron chi connectivity index (χ0n) is 14.0. The van der Waals surface area contributed by atoms with E-state index < -0.39 is 6.04 Å². The molecule has 2 saturated heterocycles. The number of piperazine rings is 1. The summed E-state index contributed by atoms with van der Waals surface area (Å²) >= 11 is 0. The van der Waals surface area contributed by atoms with Gasteiger partial charge in [0.1, 0.15) is 12.6 Å². The molecule has 2 heterocycles. The predicted molar refractivity (Wildman–Crippen MR) is 89.1 cm³/mol. The number of hydrogen-bond donors (Lipinski definition) is 0. The maximum Gasteiger partial charge on any atom is 0.245 e. The van der Waals surface area contributed by atoms with Gasteiger partial charge in [0.25, 0.3) is 0 Å². The van der Waals surface area contributed by atoms with Crippen LogP contribution in [0.15, 0.2) is 30.3 Å². The Balaban J connectivity index is 1.78. The van der Waals surface area contributed by atoms with Gasteiger partial charge < -0.3 is 14.7 Å². The monoisotopic (exact) mass is 329 g/mol. The molecule has 0 N–H and O–H groups in total. The average Bonchev–Trinajstić information content (AvgIpc) is 3.11. The molecular formula is C18H23N3O3. The van der Waals surface area contributed by atoms with Gasteiger partial charge in [-0.05, 0) is 18.4 Å². The van der Waals surface area contributed by atoms with Crippen LogP contribution in [0.4, 0.5) is 0 Å². The number of likely N-dealkylation sites (tertiary alicyclic amines) is 1. The Morgan fingerprint density at radius 2 is 1.79 bits per heavy atom. The first-order valence-electron chi connectivity index (χ1n) is 8.42. The van der Waals surface area contributed by atoms with Crippen LogP contribution in [-0.2, 0) is 20.8 Å². The predicted octanol–water partition coefficient (Wildman–Crippen LogP) is 0.521. The van der Waals surface area contributed by atoms with E-state index in [1.54, 1.807) is 11.9 Å². The minimum absolute atomic E-state index is 0.00405. The lowest BCUT2D eigenvalue weighted by molar-refractivity contribution is -0.157. The van der Waals surface area contributed by atoms with E-state index in [1.807, 2.05) is 30.3 Å². The molecule has 0 saturated carbocycles. The molecular weight excluding hydrogens is 306 g/mol. The first kappa shape index (κ1) is 16.5. The molecule has 0 bridgehead atoms. The molecule has 24 heavy (non-hydrogen) atoms. The first-order chi connectivity index (χ1) is 11.6. The van der Waals surface area contributed by atoms with Crippen molar-refractivity contribution in [3.05, 3.63) is 35.9 Å². The number of amides is 3. The number of nitrogens with zero attached hydrogens (tertiary/aromatic N) is 3. The zero-order valence-corrected chi connectivity index (χ0v) is 14.0. The molecule has 6 heteroatoms. The van der Waals surface area contributed by atoms with Crippen molar-refractivity contribution in [2.45, 2.75) is 25.3 Å². The van der Waals surface area contributed by atoms with Gasteiger partial charge in [-0.2, -0.15) is 0 Å². The first-order valence-corrected chi connectivity index (χ1v) is 8.42. The number of benzene rings is 1. The fourth-order valence-corrected chi connectivity index (χ4v) is 3.38. The van der Waals surface area contributed by atoms with Crippen LogP contribution in [0, 0.1) is 0 Å². The second-order valence-corrected chi connectivity index (χ2v) is 6.51. The number of carbonyl (C=O) groups excluding carboxylic acids is 3. The van der Waals surface area contributed by atoms with E-state index >= 15 is 0 Å². The van der Waals surface area contributed by atoms with Crippen LogP contribution in [0.25, 0.3) is 0 Å². The summed E-state index contributed by atoms with van der Waals surface area (Å²) in [5.74, 6) is -0.325. The summed E-state index contributed by atoms with van der Waals surface area (Å²) in [6.45, 7) is 1.53. The van der Waals surface area contributed by atoms with E-state index in [9.17, 15) is 14.4 Å². The Morgan fingerprint density at radius 3 is 2.46 bits per heavy atom. The molecule has 2 aliphatic heterocycles. The van der Waals surface area contributed by atoms with Crippen molar-refractivity contribution in [2.75, 3.05) is 33.2 Å². The van der Waals surface area contributed by atoms with Gasteiger partial charge in [-0.1, -0.05) is 30.3 Å². The Kier molecular flexibility index (Phi) is 4.83. The van der Waals surface area contributed by atoms with Crippen molar-refractivity contribution >= 4 is 17.7 Å². The molecule has 2 fully saturated rings. The SMILES string of the molecule is CN1CC(=O)N(CC(=O)N2CCCC2)[C@@H](Cc2ccccc2)C1=O. The van der Waals surface area contributed by atoms with Crippen LogP contribution in [-0.4, -0.2) is 71.7 Å². The van der Waals surface area contributed by atoms with Crippen LogP contribution >= 0.6 is 0 Å². The molecule has 0 radical (unpaired) electrons. The Labute approximate surface area is 142 Å². The van der Waals surface area contributed by atoms with E-state index in [2.05, 4.69) is 0 Å². The third-order valence-corrected chi connectivity index (χ3v) is 4.77. The molecule has 3 amide bonds.